The molecule has 0 bridgehead atoms. The van der Waals surface area contributed by atoms with Gasteiger partial charge < -0.3 is 15.0 Å². The second kappa shape index (κ2) is 13.3. The highest BCUT2D eigenvalue weighted by atomic mass is 32.2. The molecule has 8 nitrogen and oxygen atoms in total. The molecule has 0 saturated carbocycles. The van der Waals surface area contributed by atoms with Gasteiger partial charge in [0.15, 0.2) is 0 Å². The Hall–Kier alpha value is -3.85. The van der Waals surface area contributed by atoms with Gasteiger partial charge in [-0.25, -0.2) is 8.42 Å². The smallest absolute Gasteiger partial charge is 0.264 e. The first-order valence-electron chi connectivity index (χ1n) is 12.9. The highest BCUT2D eigenvalue weighted by Gasteiger charge is 2.33. The summed E-state index contributed by atoms with van der Waals surface area (Å²) in [6.07, 6.45) is 0.751. The zero-order valence-electron chi connectivity index (χ0n) is 23.2. The summed E-state index contributed by atoms with van der Waals surface area (Å²) in [6, 6.07) is 19.9. The molecular formula is C30H37N3O5S. The molecule has 3 aromatic carbocycles. The molecular weight excluding hydrogens is 514 g/mol. The third-order valence-electron chi connectivity index (χ3n) is 6.40. The van der Waals surface area contributed by atoms with E-state index in [0.717, 1.165) is 27.4 Å². The van der Waals surface area contributed by atoms with E-state index in [2.05, 4.69) is 5.32 Å². The predicted octanol–water partition coefficient (Wildman–Crippen LogP) is 4.45. The van der Waals surface area contributed by atoms with Gasteiger partial charge in [0, 0.05) is 13.1 Å². The zero-order chi connectivity index (χ0) is 28.6. The van der Waals surface area contributed by atoms with Crippen LogP contribution in [0.2, 0.25) is 0 Å². The van der Waals surface area contributed by atoms with Crippen molar-refractivity contribution in [2.75, 3.05) is 24.5 Å². The van der Waals surface area contributed by atoms with Crippen molar-refractivity contribution < 1.29 is 22.7 Å². The lowest BCUT2D eigenvalue weighted by Crippen LogP contribution is -2.51. The van der Waals surface area contributed by atoms with Gasteiger partial charge in [-0.05, 0) is 62.6 Å². The summed E-state index contributed by atoms with van der Waals surface area (Å²) in [5.41, 5.74) is 2.94. The van der Waals surface area contributed by atoms with Crippen LogP contribution in [0.4, 0.5) is 5.69 Å². The molecule has 0 saturated heterocycles. The Labute approximate surface area is 231 Å². The number of amides is 2. The maximum atomic E-state index is 14.0. The largest absolute Gasteiger partial charge is 0.495 e. The number of hydrogen-bond acceptors (Lipinski definition) is 5. The Kier molecular flexibility index (Phi) is 10.1. The van der Waals surface area contributed by atoms with Crippen LogP contribution in [0, 0.1) is 13.8 Å². The highest BCUT2D eigenvalue weighted by molar-refractivity contribution is 7.92. The maximum absolute atomic E-state index is 14.0. The first-order valence-corrected chi connectivity index (χ1v) is 14.4. The summed E-state index contributed by atoms with van der Waals surface area (Å²) in [7, 11) is -2.71. The van der Waals surface area contributed by atoms with Crippen LogP contribution in [-0.2, 0) is 26.2 Å². The van der Waals surface area contributed by atoms with E-state index in [-0.39, 0.29) is 23.0 Å². The van der Waals surface area contributed by atoms with Crippen molar-refractivity contribution in [2.24, 2.45) is 0 Å². The number of nitrogens with zero attached hydrogens (tertiary/aromatic N) is 2. The molecule has 208 valence electrons. The van der Waals surface area contributed by atoms with Crippen LogP contribution in [0.5, 0.6) is 5.75 Å². The minimum atomic E-state index is -4.17. The molecule has 0 aliphatic rings. The Balaban J connectivity index is 2.07. The number of aryl methyl sites for hydroxylation is 2. The van der Waals surface area contributed by atoms with Crippen LogP contribution in [-0.4, -0.2) is 51.4 Å². The predicted molar refractivity (Wildman–Crippen MR) is 153 cm³/mol. The van der Waals surface area contributed by atoms with Crippen molar-refractivity contribution in [3.63, 3.8) is 0 Å². The van der Waals surface area contributed by atoms with E-state index < -0.39 is 28.5 Å². The van der Waals surface area contributed by atoms with Gasteiger partial charge in [-0.1, -0.05) is 61.0 Å². The monoisotopic (exact) mass is 551 g/mol. The molecule has 1 atom stereocenters. The summed E-state index contributed by atoms with van der Waals surface area (Å²) in [4.78, 5) is 28.4. The molecule has 0 spiro atoms. The average molecular weight is 552 g/mol. The van der Waals surface area contributed by atoms with E-state index in [0.29, 0.717) is 12.3 Å². The van der Waals surface area contributed by atoms with Crippen LogP contribution >= 0.6 is 0 Å². The maximum Gasteiger partial charge on any atom is 0.264 e. The first kappa shape index (κ1) is 29.7. The fourth-order valence-corrected chi connectivity index (χ4v) is 5.53. The minimum Gasteiger partial charge on any atom is -0.495 e. The number of ether oxygens (including phenoxy) is 1. The van der Waals surface area contributed by atoms with Gasteiger partial charge in [-0.3, -0.25) is 13.9 Å². The van der Waals surface area contributed by atoms with Gasteiger partial charge in [-0.15, -0.1) is 0 Å². The Morgan fingerprint density at radius 3 is 2.21 bits per heavy atom. The van der Waals surface area contributed by atoms with Crippen LogP contribution < -0.4 is 14.4 Å². The summed E-state index contributed by atoms with van der Waals surface area (Å²) in [5.74, 6) is -0.507. The second-order valence-electron chi connectivity index (χ2n) is 9.47. The number of anilines is 1. The van der Waals surface area contributed by atoms with Crippen molar-refractivity contribution in [3.8, 4) is 5.75 Å². The van der Waals surface area contributed by atoms with E-state index in [1.807, 2.05) is 45.0 Å². The standard InChI is InChI=1S/C30H37N3O5S/c1-6-18-31-30(35)24(4)32(20-25-15-12-22(2)13-16-25)29(34)21-33(27-19-23(3)14-17-28(27)38-5)39(36,37)26-10-8-7-9-11-26/h7-17,19,24H,6,18,20-21H2,1-5H3,(H,31,35). The van der Waals surface area contributed by atoms with Crippen molar-refractivity contribution in [1.82, 2.24) is 10.2 Å². The van der Waals surface area contributed by atoms with Gasteiger partial charge in [0.1, 0.15) is 18.3 Å². The molecule has 3 rings (SSSR count). The van der Waals surface area contributed by atoms with Crippen molar-refractivity contribution in [2.45, 2.75) is 51.6 Å². The van der Waals surface area contributed by atoms with Crippen molar-refractivity contribution in [3.05, 3.63) is 89.5 Å². The van der Waals surface area contributed by atoms with Crippen LogP contribution in [0.3, 0.4) is 0 Å². The van der Waals surface area contributed by atoms with Gasteiger partial charge in [0.05, 0.1) is 17.7 Å². The molecule has 2 amide bonds. The first-order chi connectivity index (χ1) is 18.6. The minimum absolute atomic E-state index is 0.0418. The van der Waals surface area contributed by atoms with Crippen LogP contribution in [0.25, 0.3) is 0 Å². The molecule has 0 aliphatic heterocycles. The second-order valence-corrected chi connectivity index (χ2v) is 11.3. The van der Waals surface area contributed by atoms with E-state index in [4.69, 9.17) is 4.74 Å². The number of sulfonamides is 1. The van der Waals surface area contributed by atoms with E-state index in [9.17, 15) is 18.0 Å². The third kappa shape index (κ3) is 7.38. The third-order valence-corrected chi connectivity index (χ3v) is 8.18. The number of carbonyl (C=O) groups is 2. The summed E-state index contributed by atoms with van der Waals surface area (Å²) in [6.45, 7) is 7.50. The summed E-state index contributed by atoms with van der Waals surface area (Å²) >= 11 is 0. The number of rotatable bonds is 12. The average Bonchev–Trinajstić information content (AvgIpc) is 2.94. The lowest BCUT2D eigenvalue weighted by atomic mass is 10.1. The van der Waals surface area contributed by atoms with Gasteiger partial charge in [-0.2, -0.15) is 0 Å². The zero-order valence-corrected chi connectivity index (χ0v) is 24.0. The van der Waals surface area contributed by atoms with Crippen molar-refractivity contribution in [1.29, 1.82) is 0 Å². The van der Waals surface area contributed by atoms with Crippen molar-refractivity contribution >= 4 is 27.5 Å². The van der Waals surface area contributed by atoms with Gasteiger partial charge in [0.25, 0.3) is 10.0 Å². The Morgan fingerprint density at radius 1 is 0.949 bits per heavy atom. The quantitative estimate of drug-likeness (QED) is 0.359. The van der Waals surface area contributed by atoms with Gasteiger partial charge >= 0.3 is 0 Å². The summed E-state index contributed by atoms with van der Waals surface area (Å²) in [5, 5.41) is 2.84. The molecule has 3 aromatic rings. The molecule has 0 fully saturated rings. The molecule has 0 aliphatic carbocycles. The van der Waals surface area contributed by atoms with E-state index >= 15 is 0 Å². The van der Waals surface area contributed by atoms with E-state index in [1.165, 1.54) is 24.1 Å². The number of hydrogen-bond donors (Lipinski definition) is 1. The number of methoxy groups -OCH3 is 1. The highest BCUT2D eigenvalue weighted by Crippen LogP contribution is 2.33. The van der Waals surface area contributed by atoms with Crippen LogP contribution in [0.1, 0.15) is 37.0 Å². The Bertz CT molecular complexity index is 1380. The molecule has 1 unspecified atom stereocenters. The lowest BCUT2D eigenvalue weighted by Gasteiger charge is -2.32. The SMILES string of the molecule is CCCNC(=O)C(C)N(Cc1ccc(C)cc1)C(=O)CN(c1cc(C)ccc1OC)S(=O)(=O)c1ccccc1. The fourth-order valence-electron chi connectivity index (χ4n) is 4.10. The molecule has 0 radical (unpaired) electrons. The van der Waals surface area contributed by atoms with Crippen LogP contribution in [0.15, 0.2) is 77.7 Å². The topological polar surface area (TPSA) is 96.0 Å². The summed E-state index contributed by atoms with van der Waals surface area (Å²) < 4.78 is 34.4. The lowest BCUT2D eigenvalue weighted by molar-refractivity contribution is -0.139. The normalized spacial score (nSPS) is 11.9. The molecule has 0 heterocycles. The molecule has 1 N–H and O–H groups in total. The molecule has 39 heavy (non-hydrogen) atoms. The van der Waals surface area contributed by atoms with E-state index in [1.54, 1.807) is 43.3 Å². The fraction of sp³-hybridized carbons (Fsp3) is 0.333. The molecule has 0 aromatic heterocycles. The van der Waals surface area contributed by atoms with Gasteiger partial charge in [0.2, 0.25) is 11.8 Å². The number of nitrogens with one attached hydrogen (secondary N) is 1. The number of benzene rings is 3. The Morgan fingerprint density at radius 2 is 1.59 bits per heavy atom. The number of carbonyl (C=O) groups excluding carboxylic acids is 2. The molecule has 9 heteroatoms.